The van der Waals surface area contributed by atoms with Crippen molar-refractivity contribution in [2.45, 2.75) is 6.61 Å². The van der Waals surface area contributed by atoms with E-state index < -0.39 is 0 Å². The van der Waals surface area contributed by atoms with Crippen LogP contribution in [0.15, 0.2) is 35.6 Å². The van der Waals surface area contributed by atoms with Crippen LogP contribution in [0.1, 0.15) is 5.56 Å². The quantitative estimate of drug-likeness (QED) is 0.403. The first-order chi connectivity index (χ1) is 5.43. The molecule has 0 unspecified atom stereocenters. The molecule has 58 valence electrons. The number of nitrogens with one attached hydrogen (secondary N) is 1. The molecule has 1 aromatic carbocycles. The van der Waals surface area contributed by atoms with Crippen LogP contribution in [0.3, 0.4) is 0 Å². The third kappa shape index (κ3) is 2.77. The Morgan fingerprint density at radius 3 is 2.73 bits per heavy atom. The van der Waals surface area contributed by atoms with Crippen LogP contribution >= 0.6 is 0 Å². The molecule has 0 aliphatic carbocycles. The molecular formula is C7H8N2O2. The van der Waals surface area contributed by atoms with Crippen LogP contribution in [0.5, 0.6) is 0 Å². The van der Waals surface area contributed by atoms with E-state index >= 15 is 0 Å². The number of hydrogen-bond acceptors (Lipinski definition) is 3. The van der Waals surface area contributed by atoms with Gasteiger partial charge in [-0.25, -0.2) is 0 Å². The van der Waals surface area contributed by atoms with Crippen LogP contribution in [0.25, 0.3) is 0 Å². The SMILES string of the molecule is O=NNOCc1ccccc1. The van der Waals surface area contributed by atoms with E-state index in [1.165, 1.54) is 0 Å². The van der Waals surface area contributed by atoms with Crippen LogP contribution in [-0.2, 0) is 11.4 Å². The highest BCUT2D eigenvalue weighted by Crippen LogP contribution is 1.98. The predicted octanol–water partition coefficient (Wildman–Crippen LogP) is 1.39. The van der Waals surface area contributed by atoms with Gasteiger partial charge >= 0.3 is 0 Å². The van der Waals surface area contributed by atoms with Crippen molar-refractivity contribution < 1.29 is 4.84 Å². The Morgan fingerprint density at radius 2 is 2.09 bits per heavy atom. The number of nitrogens with zero attached hydrogens (tertiary/aromatic N) is 1. The molecule has 11 heavy (non-hydrogen) atoms. The summed E-state index contributed by atoms with van der Waals surface area (Å²) < 4.78 is 0. The highest BCUT2D eigenvalue weighted by Gasteiger charge is 1.88. The largest absolute Gasteiger partial charge is 0.252 e. The molecule has 1 rings (SSSR count). The van der Waals surface area contributed by atoms with Crippen molar-refractivity contribution in [2.24, 2.45) is 5.29 Å². The minimum atomic E-state index is 0.340. The Morgan fingerprint density at radius 1 is 1.36 bits per heavy atom. The molecule has 4 heteroatoms. The summed E-state index contributed by atoms with van der Waals surface area (Å²) in [5.74, 6) is 0. The maximum Gasteiger partial charge on any atom is 0.102 e. The lowest BCUT2D eigenvalue weighted by atomic mass is 10.2. The Labute approximate surface area is 64.1 Å². The highest BCUT2D eigenvalue weighted by atomic mass is 16.7. The van der Waals surface area contributed by atoms with Gasteiger partial charge in [0.05, 0.1) is 5.29 Å². The summed E-state index contributed by atoms with van der Waals surface area (Å²) in [5.41, 5.74) is 2.86. The molecule has 0 saturated heterocycles. The van der Waals surface area contributed by atoms with Crippen molar-refractivity contribution in [1.82, 2.24) is 5.59 Å². The van der Waals surface area contributed by atoms with Crippen LogP contribution in [-0.4, -0.2) is 0 Å². The fraction of sp³-hybridized carbons (Fsp3) is 0.143. The van der Waals surface area contributed by atoms with E-state index in [1.807, 2.05) is 35.9 Å². The smallest absolute Gasteiger partial charge is 0.102 e. The molecule has 4 nitrogen and oxygen atoms in total. The van der Waals surface area contributed by atoms with E-state index in [9.17, 15) is 4.91 Å². The summed E-state index contributed by atoms with van der Waals surface area (Å²) in [4.78, 5) is 14.1. The summed E-state index contributed by atoms with van der Waals surface area (Å²) in [6.07, 6.45) is 0. The zero-order valence-corrected chi connectivity index (χ0v) is 5.86. The van der Waals surface area contributed by atoms with E-state index in [4.69, 9.17) is 0 Å². The van der Waals surface area contributed by atoms with Crippen molar-refractivity contribution >= 4 is 0 Å². The van der Waals surface area contributed by atoms with Gasteiger partial charge in [-0.3, -0.25) is 4.84 Å². The van der Waals surface area contributed by atoms with Crippen molar-refractivity contribution in [1.29, 1.82) is 0 Å². The molecule has 0 aromatic heterocycles. The third-order valence-electron chi connectivity index (χ3n) is 1.18. The minimum absolute atomic E-state index is 0.340. The summed E-state index contributed by atoms with van der Waals surface area (Å²) in [7, 11) is 0. The van der Waals surface area contributed by atoms with Gasteiger partial charge in [-0.1, -0.05) is 30.3 Å². The molecule has 0 bridgehead atoms. The van der Waals surface area contributed by atoms with Gasteiger partial charge in [0.25, 0.3) is 0 Å². The van der Waals surface area contributed by atoms with Gasteiger partial charge in [-0.15, -0.1) is 10.5 Å². The Balaban J connectivity index is 2.33. The molecular weight excluding hydrogens is 144 g/mol. The van der Waals surface area contributed by atoms with Gasteiger partial charge in [0, 0.05) is 0 Å². The minimum Gasteiger partial charge on any atom is -0.252 e. The lowest BCUT2D eigenvalue weighted by Crippen LogP contribution is -2.04. The zero-order chi connectivity index (χ0) is 7.94. The second-order valence-corrected chi connectivity index (χ2v) is 1.96. The van der Waals surface area contributed by atoms with Gasteiger partial charge in [0.15, 0.2) is 0 Å². The molecule has 0 saturated carbocycles. The van der Waals surface area contributed by atoms with Crippen molar-refractivity contribution in [3.63, 3.8) is 0 Å². The number of benzene rings is 1. The molecule has 0 heterocycles. The number of hydrogen-bond donors (Lipinski definition) is 1. The lowest BCUT2D eigenvalue weighted by Gasteiger charge is -1.98. The van der Waals surface area contributed by atoms with Crippen LogP contribution in [0.4, 0.5) is 0 Å². The standard InChI is InChI=1S/C7H8N2O2/c10-8-9-11-6-7-4-2-1-3-5-7/h1-5H,6H2,(H,9,10). The van der Waals surface area contributed by atoms with E-state index in [1.54, 1.807) is 0 Å². The number of rotatable bonds is 4. The molecule has 0 radical (unpaired) electrons. The Hall–Kier alpha value is -1.42. The molecule has 0 aliphatic heterocycles. The topological polar surface area (TPSA) is 50.7 Å². The monoisotopic (exact) mass is 152 g/mol. The van der Waals surface area contributed by atoms with Crippen molar-refractivity contribution in [3.05, 3.63) is 40.8 Å². The first-order valence-electron chi connectivity index (χ1n) is 3.16. The average Bonchev–Trinajstić information content (AvgIpc) is 2.07. The Bertz CT molecular complexity index is 213. The lowest BCUT2D eigenvalue weighted by molar-refractivity contribution is 0.0286. The average molecular weight is 152 g/mol. The van der Waals surface area contributed by atoms with E-state index in [0.29, 0.717) is 6.61 Å². The van der Waals surface area contributed by atoms with Gasteiger partial charge in [-0.05, 0) is 5.56 Å². The van der Waals surface area contributed by atoms with E-state index in [-0.39, 0.29) is 0 Å². The summed E-state index contributed by atoms with van der Waals surface area (Å²) in [6.45, 7) is 0.340. The molecule has 1 N–H and O–H groups in total. The first kappa shape index (κ1) is 7.68. The molecule has 0 amide bonds. The summed E-state index contributed by atoms with van der Waals surface area (Å²) >= 11 is 0. The van der Waals surface area contributed by atoms with Crippen molar-refractivity contribution in [3.8, 4) is 0 Å². The van der Waals surface area contributed by atoms with Crippen LogP contribution < -0.4 is 5.59 Å². The Kier molecular flexibility index (Phi) is 3.08. The van der Waals surface area contributed by atoms with E-state index in [2.05, 4.69) is 10.1 Å². The highest BCUT2D eigenvalue weighted by molar-refractivity contribution is 5.13. The molecule has 1 aromatic rings. The summed E-state index contributed by atoms with van der Waals surface area (Å²) in [6, 6.07) is 9.49. The maximum atomic E-state index is 9.51. The van der Waals surface area contributed by atoms with Gasteiger partial charge in [0.2, 0.25) is 0 Å². The van der Waals surface area contributed by atoms with Crippen molar-refractivity contribution in [2.75, 3.05) is 0 Å². The fourth-order valence-corrected chi connectivity index (χ4v) is 0.716. The molecule has 0 spiro atoms. The third-order valence-corrected chi connectivity index (χ3v) is 1.18. The molecule has 0 aliphatic rings. The summed E-state index contributed by atoms with van der Waals surface area (Å²) in [5, 5.41) is 2.33. The predicted molar refractivity (Wildman–Crippen MR) is 40.2 cm³/mol. The normalized spacial score (nSPS) is 9.09. The van der Waals surface area contributed by atoms with Gasteiger partial charge in [0.1, 0.15) is 6.61 Å². The first-order valence-corrected chi connectivity index (χ1v) is 3.16. The second-order valence-electron chi connectivity index (χ2n) is 1.96. The molecule has 0 fully saturated rings. The van der Waals surface area contributed by atoms with Crippen LogP contribution in [0, 0.1) is 4.91 Å². The fourth-order valence-electron chi connectivity index (χ4n) is 0.716. The maximum absolute atomic E-state index is 9.51. The van der Waals surface area contributed by atoms with Gasteiger partial charge < -0.3 is 0 Å². The van der Waals surface area contributed by atoms with E-state index in [0.717, 1.165) is 5.56 Å². The molecule has 0 atom stereocenters. The van der Waals surface area contributed by atoms with Crippen LogP contribution in [0.2, 0.25) is 0 Å². The second kappa shape index (κ2) is 4.40. The van der Waals surface area contributed by atoms with Gasteiger partial charge in [-0.2, -0.15) is 0 Å². The number of nitroso groups, excluding NO2 is 1. The zero-order valence-electron chi connectivity index (χ0n) is 5.86.